The number of esters is 1. The predicted molar refractivity (Wildman–Crippen MR) is 131 cm³/mol. The van der Waals surface area contributed by atoms with E-state index in [9.17, 15) is 14.9 Å². The minimum Gasteiger partial charge on any atom is -0.466 e. The van der Waals surface area contributed by atoms with E-state index in [4.69, 9.17) is 4.74 Å². The first-order valence-electron chi connectivity index (χ1n) is 11.9. The Morgan fingerprint density at radius 1 is 1.03 bits per heavy atom. The summed E-state index contributed by atoms with van der Waals surface area (Å²) in [5.41, 5.74) is 3.67. The number of carbonyl (C=O) groups excluding carboxylic acids is 1. The molecule has 10 heteroatoms. The fourth-order valence-electron chi connectivity index (χ4n) is 4.81. The zero-order valence-corrected chi connectivity index (χ0v) is 20.1. The number of anilines is 3. The number of hydrogen-bond donors (Lipinski definition) is 0. The molecule has 4 rings (SSSR count). The maximum absolute atomic E-state index is 12.1. The van der Waals surface area contributed by atoms with E-state index in [1.165, 1.54) is 23.1 Å². The molecule has 0 radical (unpaired) electrons. The number of aromatic nitrogens is 2. The second kappa shape index (κ2) is 10.2. The molecule has 2 fully saturated rings. The van der Waals surface area contributed by atoms with Crippen LogP contribution >= 0.6 is 0 Å². The van der Waals surface area contributed by atoms with E-state index < -0.39 is 0 Å². The molecule has 0 N–H and O–H groups in total. The first-order valence-corrected chi connectivity index (χ1v) is 11.9. The standard InChI is InChI=1S/C24H32N6O4/c1-4-34-24(31)19-8-10-28(11-9-19)22-21(30(32)33)23(26-16-25-22)29-14-12-27(13-15-29)20-7-5-6-17(2)18(20)3/h5-7,16,19H,4,8-15H2,1-3H3. The summed E-state index contributed by atoms with van der Waals surface area (Å²) in [7, 11) is 0. The van der Waals surface area contributed by atoms with Crippen LogP contribution < -0.4 is 14.7 Å². The van der Waals surface area contributed by atoms with E-state index in [-0.39, 0.29) is 22.5 Å². The Labute approximate surface area is 199 Å². The summed E-state index contributed by atoms with van der Waals surface area (Å²) in [5, 5.41) is 12.1. The van der Waals surface area contributed by atoms with Crippen molar-refractivity contribution in [2.75, 3.05) is 60.6 Å². The van der Waals surface area contributed by atoms with Gasteiger partial charge < -0.3 is 19.4 Å². The highest BCUT2D eigenvalue weighted by Gasteiger charge is 2.34. The van der Waals surface area contributed by atoms with E-state index in [1.807, 2.05) is 9.80 Å². The number of carbonyl (C=O) groups is 1. The molecule has 1 aromatic carbocycles. The molecule has 0 atom stereocenters. The van der Waals surface area contributed by atoms with Crippen molar-refractivity contribution in [1.82, 2.24) is 9.97 Å². The number of nitrogens with zero attached hydrogens (tertiary/aromatic N) is 6. The Morgan fingerprint density at radius 3 is 2.21 bits per heavy atom. The highest BCUT2D eigenvalue weighted by Crippen LogP contribution is 2.37. The van der Waals surface area contributed by atoms with Crippen LogP contribution in [0.1, 0.15) is 30.9 Å². The Balaban J connectivity index is 1.50. The van der Waals surface area contributed by atoms with E-state index in [0.717, 1.165) is 13.1 Å². The summed E-state index contributed by atoms with van der Waals surface area (Å²) in [6, 6.07) is 6.30. The topological polar surface area (TPSA) is 105 Å². The quantitative estimate of drug-likeness (QED) is 0.359. The Hall–Kier alpha value is -3.43. The second-order valence-electron chi connectivity index (χ2n) is 8.83. The molecule has 1 aromatic heterocycles. The van der Waals surface area contributed by atoms with Gasteiger partial charge in [0.05, 0.1) is 17.4 Å². The molecular formula is C24H32N6O4. The van der Waals surface area contributed by atoms with Crippen molar-refractivity contribution < 1.29 is 14.5 Å². The molecule has 0 saturated carbocycles. The van der Waals surface area contributed by atoms with Crippen molar-refractivity contribution in [2.24, 2.45) is 5.92 Å². The summed E-state index contributed by atoms with van der Waals surface area (Å²) in [6.45, 7) is 10.2. The van der Waals surface area contributed by atoms with Crippen molar-refractivity contribution in [2.45, 2.75) is 33.6 Å². The maximum atomic E-state index is 12.1. The van der Waals surface area contributed by atoms with E-state index >= 15 is 0 Å². The van der Waals surface area contributed by atoms with E-state index in [0.29, 0.717) is 57.3 Å². The lowest BCUT2D eigenvalue weighted by molar-refractivity contribution is -0.383. The molecular weight excluding hydrogens is 436 g/mol. The van der Waals surface area contributed by atoms with Gasteiger partial charge in [-0.1, -0.05) is 12.1 Å². The molecule has 0 amide bonds. The second-order valence-corrected chi connectivity index (χ2v) is 8.83. The van der Waals surface area contributed by atoms with Crippen LogP contribution in [0.15, 0.2) is 24.5 Å². The zero-order valence-electron chi connectivity index (χ0n) is 20.1. The molecule has 2 aromatic rings. The molecule has 2 aliphatic rings. The summed E-state index contributed by atoms with van der Waals surface area (Å²) in [5.74, 6) is 0.328. The van der Waals surface area contributed by atoms with Gasteiger partial charge in [-0.3, -0.25) is 14.9 Å². The van der Waals surface area contributed by atoms with Gasteiger partial charge in [0.25, 0.3) is 0 Å². The first-order chi connectivity index (χ1) is 16.4. The van der Waals surface area contributed by atoms with Gasteiger partial charge in [0.2, 0.25) is 11.6 Å². The number of rotatable bonds is 6. The number of hydrogen-bond acceptors (Lipinski definition) is 9. The largest absolute Gasteiger partial charge is 0.466 e. The molecule has 34 heavy (non-hydrogen) atoms. The minimum atomic E-state index is -0.376. The molecule has 2 saturated heterocycles. The van der Waals surface area contributed by atoms with Gasteiger partial charge in [-0.15, -0.1) is 0 Å². The molecule has 0 aliphatic carbocycles. The molecule has 3 heterocycles. The fourth-order valence-corrected chi connectivity index (χ4v) is 4.81. The summed E-state index contributed by atoms with van der Waals surface area (Å²) in [6.07, 6.45) is 2.58. The van der Waals surface area contributed by atoms with Crippen molar-refractivity contribution in [3.8, 4) is 0 Å². The lowest BCUT2D eigenvalue weighted by Crippen LogP contribution is -2.47. The van der Waals surface area contributed by atoms with Crippen LogP contribution in [0.4, 0.5) is 23.0 Å². The third-order valence-corrected chi connectivity index (χ3v) is 6.88. The van der Waals surface area contributed by atoms with Crippen LogP contribution in [0, 0.1) is 29.9 Å². The maximum Gasteiger partial charge on any atom is 0.353 e. The van der Waals surface area contributed by atoms with Gasteiger partial charge in [0.15, 0.2) is 0 Å². The van der Waals surface area contributed by atoms with Crippen LogP contribution in [0.2, 0.25) is 0 Å². The van der Waals surface area contributed by atoms with E-state index in [2.05, 4.69) is 46.9 Å². The molecule has 10 nitrogen and oxygen atoms in total. The summed E-state index contributed by atoms with van der Waals surface area (Å²) in [4.78, 5) is 38.6. The first kappa shape index (κ1) is 23.7. The van der Waals surface area contributed by atoms with Crippen molar-refractivity contribution >= 4 is 29.0 Å². The number of nitro groups is 1. The minimum absolute atomic E-state index is 0.0581. The smallest absolute Gasteiger partial charge is 0.353 e. The third kappa shape index (κ3) is 4.76. The highest BCUT2D eigenvalue weighted by molar-refractivity contribution is 5.74. The van der Waals surface area contributed by atoms with Crippen molar-refractivity contribution in [3.05, 3.63) is 45.8 Å². The number of piperidine rings is 1. The Morgan fingerprint density at radius 2 is 1.62 bits per heavy atom. The van der Waals surface area contributed by atoms with Gasteiger partial charge in [0, 0.05) is 45.0 Å². The lowest BCUT2D eigenvalue weighted by Gasteiger charge is -2.37. The van der Waals surface area contributed by atoms with Crippen molar-refractivity contribution in [1.29, 1.82) is 0 Å². The van der Waals surface area contributed by atoms with Gasteiger partial charge in [-0.05, 0) is 50.8 Å². The highest BCUT2D eigenvalue weighted by atomic mass is 16.6. The van der Waals surface area contributed by atoms with E-state index in [1.54, 1.807) is 6.92 Å². The summed E-state index contributed by atoms with van der Waals surface area (Å²) < 4.78 is 5.14. The normalized spacial score (nSPS) is 17.1. The van der Waals surface area contributed by atoms with Crippen LogP contribution in [0.5, 0.6) is 0 Å². The number of piperazine rings is 1. The van der Waals surface area contributed by atoms with Gasteiger partial charge >= 0.3 is 11.7 Å². The van der Waals surface area contributed by atoms with Crippen LogP contribution in [0.3, 0.4) is 0 Å². The van der Waals surface area contributed by atoms with Crippen LogP contribution in [-0.2, 0) is 9.53 Å². The molecule has 0 unspecified atom stereocenters. The van der Waals surface area contributed by atoms with Crippen molar-refractivity contribution in [3.63, 3.8) is 0 Å². The lowest BCUT2D eigenvalue weighted by atomic mass is 9.97. The Bertz CT molecular complexity index is 1050. The molecule has 2 aliphatic heterocycles. The SMILES string of the molecule is CCOC(=O)C1CCN(c2ncnc(N3CCN(c4cccc(C)c4C)CC3)c2[N+](=O)[O-])CC1. The average Bonchev–Trinajstić information content (AvgIpc) is 2.85. The molecule has 0 bridgehead atoms. The number of aryl methyl sites for hydroxylation is 1. The molecule has 0 spiro atoms. The number of benzene rings is 1. The average molecular weight is 469 g/mol. The van der Waals surface area contributed by atoms with Crippen LogP contribution in [0.25, 0.3) is 0 Å². The molecule has 182 valence electrons. The predicted octanol–water partition coefficient (Wildman–Crippen LogP) is 3.11. The fraction of sp³-hybridized carbons (Fsp3) is 0.542. The van der Waals surface area contributed by atoms with Gasteiger partial charge in [-0.2, -0.15) is 0 Å². The van der Waals surface area contributed by atoms with Gasteiger partial charge in [-0.25, -0.2) is 9.97 Å². The number of ether oxygens (including phenoxy) is 1. The Kier molecular flexibility index (Phi) is 7.14. The van der Waals surface area contributed by atoms with Crippen LogP contribution in [-0.4, -0.2) is 66.7 Å². The zero-order chi connectivity index (χ0) is 24.2. The third-order valence-electron chi connectivity index (χ3n) is 6.88. The summed E-state index contributed by atoms with van der Waals surface area (Å²) >= 11 is 0. The van der Waals surface area contributed by atoms with Gasteiger partial charge in [0.1, 0.15) is 6.33 Å². The monoisotopic (exact) mass is 468 g/mol.